The lowest BCUT2D eigenvalue weighted by atomic mass is 10.1. The van der Waals surface area contributed by atoms with E-state index in [0.29, 0.717) is 10.8 Å². The number of ketones is 1. The van der Waals surface area contributed by atoms with Gasteiger partial charge in [-0.3, -0.25) is 4.79 Å². The maximum atomic E-state index is 11.3. The number of carbonyl (C=O) groups excluding carboxylic acids is 1. The molecule has 0 aliphatic heterocycles. The molecule has 0 aliphatic carbocycles. The van der Waals surface area contributed by atoms with Crippen LogP contribution in [0.15, 0.2) is 12.1 Å². The van der Waals surface area contributed by atoms with Crippen molar-refractivity contribution in [1.82, 2.24) is 0 Å². The van der Waals surface area contributed by atoms with E-state index in [-0.39, 0.29) is 22.2 Å². The van der Waals surface area contributed by atoms with Crippen molar-refractivity contribution >= 4 is 40.6 Å². The van der Waals surface area contributed by atoms with Gasteiger partial charge in [0.15, 0.2) is 5.78 Å². The van der Waals surface area contributed by atoms with Gasteiger partial charge in [-0.15, -0.1) is 11.6 Å². The fraction of sp³-hybridized carbons (Fsp3) is 0.222. The Labute approximate surface area is 96.7 Å². The lowest BCUT2D eigenvalue weighted by molar-refractivity contribution is 0.102. The van der Waals surface area contributed by atoms with Gasteiger partial charge >= 0.3 is 0 Å². The third-order valence-corrected chi connectivity index (χ3v) is 2.50. The molecule has 0 spiro atoms. The number of rotatable bonds is 3. The number of benzene rings is 1. The van der Waals surface area contributed by atoms with E-state index in [1.165, 1.54) is 19.2 Å². The van der Waals surface area contributed by atoms with Crippen molar-refractivity contribution in [3.05, 3.63) is 27.7 Å². The predicted molar refractivity (Wildman–Crippen MR) is 58.1 cm³/mol. The highest BCUT2D eigenvalue weighted by molar-refractivity contribution is 6.39. The van der Waals surface area contributed by atoms with Gasteiger partial charge < -0.3 is 4.74 Å². The van der Waals surface area contributed by atoms with E-state index in [9.17, 15) is 4.79 Å². The van der Waals surface area contributed by atoms with Crippen LogP contribution < -0.4 is 4.74 Å². The molecule has 5 heteroatoms. The van der Waals surface area contributed by atoms with Crippen LogP contribution >= 0.6 is 34.8 Å². The van der Waals surface area contributed by atoms with Crippen LogP contribution in [0.2, 0.25) is 10.0 Å². The Morgan fingerprint density at radius 1 is 1.43 bits per heavy atom. The third kappa shape index (κ3) is 2.32. The second-order valence-corrected chi connectivity index (χ2v) is 3.61. The Morgan fingerprint density at radius 3 is 2.57 bits per heavy atom. The van der Waals surface area contributed by atoms with Crippen LogP contribution in [-0.2, 0) is 0 Å². The zero-order valence-corrected chi connectivity index (χ0v) is 9.58. The molecule has 0 unspecified atom stereocenters. The van der Waals surface area contributed by atoms with Crippen molar-refractivity contribution in [1.29, 1.82) is 0 Å². The predicted octanol–water partition coefficient (Wildman–Crippen LogP) is 3.42. The van der Waals surface area contributed by atoms with E-state index in [2.05, 4.69) is 0 Å². The summed E-state index contributed by atoms with van der Waals surface area (Å²) in [6, 6.07) is 3.01. The van der Waals surface area contributed by atoms with Crippen LogP contribution in [0, 0.1) is 0 Å². The van der Waals surface area contributed by atoms with Crippen molar-refractivity contribution in [3.8, 4) is 5.75 Å². The van der Waals surface area contributed by atoms with Gasteiger partial charge in [0.25, 0.3) is 0 Å². The molecule has 0 aromatic heterocycles. The minimum atomic E-state index is -0.280. The van der Waals surface area contributed by atoms with E-state index in [1.807, 2.05) is 0 Å². The Kier molecular flexibility index (Phi) is 4.05. The number of halogens is 3. The molecule has 0 saturated heterocycles. The average molecular weight is 254 g/mol. The highest BCUT2D eigenvalue weighted by atomic mass is 35.5. The topological polar surface area (TPSA) is 26.3 Å². The molecule has 0 N–H and O–H groups in total. The quantitative estimate of drug-likeness (QED) is 0.609. The minimum Gasteiger partial charge on any atom is -0.495 e. The summed E-state index contributed by atoms with van der Waals surface area (Å²) in [6.45, 7) is 0. The zero-order chi connectivity index (χ0) is 10.7. The lowest BCUT2D eigenvalue weighted by Crippen LogP contribution is -2.02. The second kappa shape index (κ2) is 4.87. The summed E-state index contributed by atoms with van der Waals surface area (Å²) >= 11 is 17.1. The molecule has 0 amide bonds. The molecule has 0 saturated carbocycles. The normalized spacial score (nSPS) is 10.0. The maximum absolute atomic E-state index is 11.3. The summed E-state index contributed by atoms with van der Waals surface area (Å²) in [7, 11) is 1.45. The fourth-order valence-corrected chi connectivity index (χ4v) is 1.63. The molecule has 0 bridgehead atoms. The Bertz CT molecular complexity index is 363. The van der Waals surface area contributed by atoms with Crippen molar-refractivity contribution in [2.45, 2.75) is 0 Å². The zero-order valence-electron chi connectivity index (χ0n) is 7.31. The van der Waals surface area contributed by atoms with Gasteiger partial charge in [-0.05, 0) is 6.07 Å². The monoisotopic (exact) mass is 252 g/mol. The summed E-state index contributed by atoms with van der Waals surface area (Å²) in [6.07, 6.45) is 0. The van der Waals surface area contributed by atoms with Crippen LogP contribution in [0.4, 0.5) is 0 Å². The molecule has 2 nitrogen and oxygen atoms in total. The van der Waals surface area contributed by atoms with Gasteiger partial charge in [0.1, 0.15) is 5.75 Å². The summed E-state index contributed by atoms with van der Waals surface area (Å²) in [5.41, 5.74) is 0.283. The summed E-state index contributed by atoms with van der Waals surface area (Å²) in [5, 5.41) is 0.627. The molecular weight excluding hydrogens is 246 g/mol. The Balaban J connectivity index is 3.29. The molecule has 0 atom stereocenters. The summed E-state index contributed by atoms with van der Waals surface area (Å²) < 4.78 is 4.95. The van der Waals surface area contributed by atoms with Crippen molar-refractivity contribution in [2.75, 3.05) is 13.0 Å². The maximum Gasteiger partial charge on any atom is 0.179 e. The molecule has 14 heavy (non-hydrogen) atoms. The van der Waals surface area contributed by atoms with Gasteiger partial charge in [0, 0.05) is 16.7 Å². The molecule has 0 heterocycles. The van der Waals surface area contributed by atoms with Gasteiger partial charge in [-0.25, -0.2) is 0 Å². The van der Waals surface area contributed by atoms with Gasteiger partial charge in [-0.2, -0.15) is 0 Å². The standard InChI is InChI=1S/C9H7Cl3O2/c1-14-8-3-5(11)2-6(9(8)12)7(13)4-10/h2-3H,4H2,1H3. The van der Waals surface area contributed by atoms with Crippen LogP contribution in [0.25, 0.3) is 0 Å². The van der Waals surface area contributed by atoms with Crippen LogP contribution in [0.3, 0.4) is 0 Å². The van der Waals surface area contributed by atoms with Gasteiger partial charge in [0.05, 0.1) is 18.0 Å². The van der Waals surface area contributed by atoms with E-state index in [1.54, 1.807) is 0 Å². The first kappa shape index (κ1) is 11.6. The number of ether oxygens (including phenoxy) is 1. The molecule has 1 aromatic carbocycles. The van der Waals surface area contributed by atoms with E-state index in [0.717, 1.165) is 0 Å². The molecule has 76 valence electrons. The van der Waals surface area contributed by atoms with Crippen molar-refractivity contribution in [3.63, 3.8) is 0 Å². The number of methoxy groups -OCH3 is 1. The molecule has 0 radical (unpaired) electrons. The minimum absolute atomic E-state index is 0.136. The van der Waals surface area contributed by atoms with Crippen LogP contribution in [0.1, 0.15) is 10.4 Å². The number of carbonyl (C=O) groups is 1. The third-order valence-electron chi connectivity index (χ3n) is 1.65. The lowest BCUT2D eigenvalue weighted by Gasteiger charge is -2.07. The highest BCUT2D eigenvalue weighted by Gasteiger charge is 2.14. The first-order chi connectivity index (χ1) is 6.60. The Morgan fingerprint density at radius 2 is 2.07 bits per heavy atom. The fourth-order valence-electron chi connectivity index (χ4n) is 0.988. The van der Waals surface area contributed by atoms with Gasteiger partial charge in [-0.1, -0.05) is 23.2 Å². The molecule has 0 fully saturated rings. The van der Waals surface area contributed by atoms with E-state index in [4.69, 9.17) is 39.5 Å². The van der Waals surface area contributed by atoms with Crippen molar-refractivity contribution in [2.24, 2.45) is 0 Å². The molecule has 0 aliphatic rings. The SMILES string of the molecule is COc1cc(Cl)cc(C(=O)CCl)c1Cl. The second-order valence-electron chi connectivity index (χ2n) is 2.53. The van der Waals surface area contributed by atoms with E-state index >= 15 is 0 Å². The van der Waals surface area contributed by atoms with Crippen LogP contribution in [0.5, 0.6) is 5.75 Å². The number of Topliss-reactive ketones (excluding diaryl/α,β-unsaturated/α-hetero) is 1. The first-order valence-electron chi connectivity index (χ1n) is 3.72. The summed E-state index contributed by atoms with van der Waals surface area (Å²) in [5.74, 6) is -0.0476. The number of alkyl halides is 1. The average Bonchev–Trinajstić information content (AvgIpc) is 2.19. The summed E-state index contributed by atoms with van der Waals surface area (Å²) in [4.78, 5) is 11.3. The van der Waals surface area contributed by atoms with Crippen molar-refractivity contribution < 1.29 is 9.53 Å². The highest BCUT2D eigenvalue weighted by Crippen LogP contribution is 2.32. The molecule has 1 rings (SSSR count). The van der Waals surface area contributed by atoms with Crippen LogP contribution in [-0.4, -0.2) is 18.8 Å². The van der Waals surface area contributed by atoms with E-state index < -0.39 is 0 Å². The number of hydrogen-bond acceptors (Lipinski definition) is 2. The first-order valence-corrected chi connectivity index (χ1v) is 5.01. The smallest absolute Gasteiger partial charge is 0.179 e. The largest absolute Gasteiger partial charge is 0.495 e. The Hall–Kier alpha value is -0.440. The van der Waals surface area contributed by atoms with Gasteiger partial charge in [0.2, 0.25) is 0 Å². The number of hydrogen-bond donors (Lipinski definition) is 0. The molecular formula is C9H7Cl3O2. The molecule has 1 aromatic rings.